The van der Waals surface area contributed by atoms with Gasteiger partial charge in [-0.25, -0.2) is 0 Å². The first-order valence-electron chi connectivity index (χ1n) is 7.76. The van der Waals surface area contributed by atoms with E-state index in [4.69, 9.17) is 32.7 Å². The van der Waals surface area contributed by atoms with Crippen LogP contribution in [0, 0.1) is 10.1 Å². The molecule has 0 aliphatic carbocycles. The van der Waals surface area contributed by atoms with Crippen molar-refractivity contribution in [3.63, 3.8) is 0 Å². The largest absolute Gasteiger partial charge is 0.489 e. The molecular formula is C17H14Cl2N2O5. The van der Waals surface area contributed by atoms with Gasteiger partial charge >= 0.3 is 0 Å². The van der Waals surface area contributed by atoms with Crippen LogP contribution in [0.1, 0.15) is 22.3 Å². The molecule has 0 saturated heterocycles. The van der Waals surface area contributed by atoms with Crippen LogP contribution >= 0.6 is 23.2 Å². The zero-order chi connectivity index (χ0) is 18.7. The summed E-state index contributed by atoms with van der Waals surface area (Å²) >= 11 is 12.0. The lowest BCUT2D eigenvalue weighted by molar-refractivity contribution is -0.385. The Hall–Kier alpha value is -2.51. The van der Waals surface area contributed by atoms with Crippen molar-refractivity contribution in [2.45, 2.75) is 13.0 Å². The molecule has 0 radical (unpaired) electrons. The smallest absolute Gasteiger partial charge is 0.283 e. The standard InChI is InChI=1S/C17H14Cl2N2O5/c18-11-2-3-12(14(8-11)21(23)24)17(22)20-9-10-6-13(19)16-15(7-10)25-4-1-5-26-16/h2-3,6-8H,1,4-5,9H2,(H,20,22). The third-order valence-corrected chi connectivity index (χ3v) is 4.23. The van der Waals surface area contributed by atoms with E-state index in [2.05, 4.69) is 5.32 Å². The number of benzene rings is 2. The van der Waals surface area contributed by atoms with E-state index in [1.807, 2.05) is 0 Å². The molecule has 1 N–H and O–H groups in total. The van der Waals surface area contributed by atoms with E-state index < -0.39 is 10.8 Å². The highest BCUT2D eigenvalue weighted by atomic mass is 35.5. The van der Waals surface area contributed by atoms with Gasteiger partial charge in [0, 0.05) is 24.1 Å². The minimum atomic E-state index is -0.648. The molecule has 3 rings (SSSR count). The highest BCUT2D eigenvalue weighted by molar-refractivity contribution is 6.32. The van der Waals surface area contributed by atoms with Gasteiger partial charge in [0.05, 0.1) is 23.2 Å². The predicted octanol–water partition coefficient (Wildman–Crippen LogP) is 3.99. The highest BCUT2D eigenvalue weighted by Crippen LogP contribution is 2.38. The summed E-state index contributed by atoms with van der Waals surface area (Å²) < 4.78 is 11.1. The second-order valence-electron chi connectivity index (χ2n) is 5.56. The molecule has 0 saturated carbocycles. The van der Waals surface area contributed by atoms with Crippen molar-refractivity contribution < 1.29 is 19.2 Å². The topological polar surface area (TPSA) is 90.7 Å². The fourth-order valence-corrected chi connectivity index (χ4v) is 2.97. The Morgan fingerprint density at radius 1 is 1.19 bits per heavy atom. The van der Waals surface area contributed by atoms with E-state index in [9.17, 15) is 14.9 Å². The van der Waals surface area contributed by atoms with E-state index in [0.717, 1.165) is 12.5 Å². The number of hydrogen-bond donors (Lipinski definition) is 1. The maximum Gasteiger partial charge on any atom is 0.283 e. The van der Waals surface area contributed by atoms with Crippen LogP contribution in [0.2, 0.25) is 10.0 Å². The highest BCUT2D eigenvalue weighted by Gasteiger charge is 2.21. The number of nitrogens with one attached hydrogen (secondary N) is 1. The zero-order valence-corrected chi connectivity index (χ0v) is 15.0. The van der Waals surface area contributed by atoms with Crippen LogP contribution in [0.3, 0.4) is 0 Å². The number of nitro benzene ring substituents is 1. The predicted molar refractivity (Wildman–Crippen MR) is 96.3 cm³/mol. The number of ether oxygens (including phenoxy) is 2. The molecule has 1 aliphatic rings. The van der Waals surface area contributed by atoms with Crippen LogP contribution in [0.25, 0.3) is 0 Å². The molecule has 1 aliphatic heterocycles. The Balaban J connectivity index is 1.77. The maximum absolute atomic E-state index is 12.3. The van der Waals surface area contributed by atoms with Crippen molar-refractivity contribution in [3.8, 4) is 11.5 Å². The maximum atomic E-state index is 12.3. The first-order valence-corrected chi connectivity index (χ1v) is 8.51. The Bertz CT molecular complexity index is 872. The Morgan fingerprint density at radius 3 is 2.73 bits per heavy atom. The quantitative estimate of drug-likeness (QED) is 0.622. The Kier molecular flexibility index (Phi) is 5.49. The number of hydrogen-bond acceptors (Lipinski definition) is 5. The number of amides is 1. The van der Waals surface area contributed by atoms with Gasteiger partial charge in [-0.2, -0.15) is 0 Å². The van der Waals surface area contributed by atoms with Crippen molar-refractivity contribution in [1.82, 2.24) is 5.32 Å². The van der Waals surface area contributed by atoms with Crippen LogP contribution in [0.5, 0.6) is 11.5 Å². The summed E-state index contributed by atoms with van der Waals surface area (Å²) in [7, 11) is 0. The molecule has 0 unspecified atom stereocenters. The molecule has 2 aromatic carbocycles. The third kappa shape index (κ3) is 4.00. The molecule has 0 spiro atoms. The average molecular weight is 397 g/mol. The summed E-state index contributed by atoms with van der Waals surface area (Å²) in [5.41, 5.74) is 0.260. The van der Waals surface area contributed by atoms with Gasteiger partial charge < -0.3 is 14.8 Å². The van der Waals surface area contributed by atoms with Gasteiger partial charge in [-0.1, -0.05) is 23.2 Å². The minimum absolute atomic E-state index is 0.0696. The van der Waals surface area contributed by atoms with E-state index in [1.54, 1.807) is 12.1 Å². The van der Waals surface area contributed by atoms with E-state index in [1.165, 1.54) is 12.1 Å². The molecule has 0 atom stereocenters. The van der Waals surface area contributed by atoms with Gasteiger partial charge in [-0.05, 0) is 29.8 Å². The van der Waals surface area contributed by atoms with E-state index in [-0.39, 0.29) is 22.8 Å². The lowest BCUT2D eigenvalue weighted by Crippen LogP contribution is -2.23. The molecule has 136 valence electrons. The molecule has 2 aromatic rings. The Morgan fingerprint density at radius 2 is 1.96 bits per heavy atom. The monoisotopic (exact) mass is 396 g/mol. The van der Waals surface area contributed by atoms with Gasteiger partial charge in [-0.3, -0.25) is 14.9 Å². The van der Waals surface area contributed by atoms with Crippen LogP contribution in [0.15, 0.2) is 30.3 Å². The molecule has 1 heterocycles. The third-order valence-electron chi connectivity index (χ3n) is 3.72. The second kappa shape index (κ2) is 7.80. The summed E-state index contributed by atoms with van der Waals surface area (Å²) in [6, 6.07) is 7.26. The van der Waals surface area contributed by atoms with Crippen molar-refractivity contribution >= 4 is 34.8 Å². The molecule has 1 amide bonds. The molecular weight excluding hydrogens is 383 g/mol. The number of carbonyl (C=O) groups is 1. The fraction of sp³-hybridized carbons (Fsp3) is 0.235. The van der Waals surface area contributed by atoms with Gasteiger partial charge in [0.15, 0.2) is 11.5 Å². The number of rotatable bonds is 4. The lowest BCUT2D eigenvalue weighted by Gasteiger charge is -2.12. The second-order valence-corrected chi connectivity index (χ2v) is 6.40. The molecule has 0 aromatic heterocycles. The van der Waals surface area contributed by atoms with Gasteiger partial charge in [0.25, 0.3) is 11.6 Å². The average Bonchev–Trinajstić information content (AvgIpc) is 2.85. The van der Waals surface area contributed by atoms with Gasteiger partial charge in [0.1, 0.15) is 5.56 Å². The first kappa shape index (κ1) is 18.3. The van der Waals surface area contributed by atoms with Gasteiger partial charge in [-0.15, -0.1) is 0 Å². The molecule has 26 heavy (non-hydrogen) atoms. The SMILES string of the molecule is O=C(NCc1cc(Cl)c2c(c1)OCCCO2)c1ccc(Cl)cc1[N+](=O)[O-]. The molecule has 9 heteroatoms. The number of carbonyl (C=O) groups excluding carboxylic acids is 1. The minimum Gasteiger partial charge on any atom is -0.489 e. The number of fused-ring (bicyclic) bond motifs is 1. The summed E-state index contributed by atoms with van der Waals surface area (Å²) in [6.07, 6.45) is 0.747. The first-order chi connectivity index (χ1) is 12.5. The van der Waals surface area contributed by atoms with E-state index in [0.29, 0.717) is 35.3 Å². The molecule has 0 bridgehead atoms. The summed E-state index contributed by atoms with van der Waals surface area (Å²) in [6.45, 7) is 1.15. The summed E-state index contributed by atoms with van der Waals surface area (Å²) in [5, 5.41) is 14.3. The zero-order valence-electron chi connectivity index (χ0n) is 13.5. The number of nitrogens with zero attached hydrogens (tertiary/aromatic N) is 1. The van der Waals surface area contributed by atoms with Crippen molar-refractivity contribution in [3.05, 3.63) is 61.6 Å². The molecule has 0 fully saturated rings. The Labute approximate surface area is 159 Å². The van der Waals surface area contributed by atoms with Crippen LogP contribution in [-0.2, 0) is 6.54 Å². The lowest BCUT2D eigenvalue weighted by atomic mass is 10.1. The summed E-state index contributed by atoms with van der Waals surface area (Å²) in [4.78, 5) is 22.8. The van der Waals surface area contributed by atoms with Crippen molar-refractivity contribution in [1.29, 1.82) is 0 Å². The summed E-state index contributed by atoms with van der Waals surface area (Å²) in [5.74, 6) is 0.404. The van der Waals surface area contributed by atoms with E-state index >= 15 is 0 Å². The fourth-order valence-electron chi connectivity index (χ4n) is 2.51. The number of halogens is 2. The number of nitro groups is 1. The van der Waals surface area contributed by atoms with Crippen LogP contribution < -0.4 is 14.8 Å². The van der Waals surface area contributed by atoms with Crippen molar-refractivity contribution in [2.75, 3.05) is 13.2 Å². The normalized spacial score (nSPS) is 13.0. The van der Waals surface area contributed by atoms with Crippen LogP contribution in [0.4, 0.5) is 5.69 Å². The van der Waals surface area contributed by atoms with Gasteiger partial charge in [0.2, 0.25) is 0 Å². The van der Waals surface area contributed by atoms with Crippen LogP contribution in [-0.4, -0.2) is 24.0 Å². The van der Waals surface area contributed by atoms with Crippen molar-refractivity contribution in [2.24, 2.45) is 0 Å². The molecule has 7 nitrogen and oxygen atoms in total.